The third-order valence-corrected chi connectivity index (χ3v) is 6.35. The number of carbonyl (C=O) groups excluding carboxylic acids is 2. The third-order valence-electron chi connectivity index (χ3n) is 3.92. The maximum absolute atomic E-state index is 14.0. The number of hydrogen-bond donors (Lipinski definition) is 0. The number of ether oxygens (including phenoxy) is 1. The van der Waals surface area contributed by atoms with E-state index in [1.54, 1.807) is 24.3 Å². The Labute approximate surface area is 193 Å². The number of rotatable bonds is 6. The van der Waals surface area contributed by atoms with E-state index >= 15 is 0 Å². The molecule has 1 saturated heterocycles. The summed E-state index contributed by atoms with van der Waals surface area (Å²) in [5, 5.41) is -0.319. The highest BCUT2D eigenvalue weighted by Gasteiger charge is 2.36. The van der Waals surface area contributed by atoms with Gasteiger partial charge in [-0.2, -0.15) is 0 Å². The van der Waals surface area contributed by atoms with Crippen molar-refractivity contribution in [2.24, 2.45) is 0 Å². The first kappa shape index (κ1) is 22.1. The molecule has 0 radical (unpaired) electrons. The smallest absolute Gasteiger partial charge is 0.293 e. The van der Waals surface area contributed by atoms with Crippen molar-refractivity contribution in [2.75, 3.05) is 6.61 Å². The van der Waals surface area contributed by atoms with Gasteiger partial charge >= 0.3 is 0 Å². The van der Waals surface area contributed by atoms with Crippen molar-refractivity contribution in [1.29, 1.82) is 0 Å². The van der Waals surface area contributed by atoms with Crippen molar-refractivity contribution in [3.05, 3.63) is 78.8 Å². The zero-order chi connectivity index (χ0) is 21.1. The molecule has 29 heavy (non-hydrogen) atoms. The van der Waals surface area contributed by atoms with Crippen LogP contribution in [-0.2, 0) is 11.3 Å². The molecule has 150 valence electrons. The van der Waals surface area contributed by atoms with Gasteiger partial charge in [-0.05, 0) is 79.5 Å². The second-order valence-electron chi connectivity index (χ2n) is 5.88. The molecule has 0 aromatic heterocycles. The van der Waals surface area contributed by atoms with Crippen molar-refractivity contribution in [3.63, 3.8) is 0 Å². The molecule has 1 heterocycles. The lowest BCUT2D eigenvalue weighted by Crippen LogP contribution is -2.28. The summed E-state index contributed by atoms with van der Waals surface area (Å²) in [6.45, 7) is 3.73. The molecule has 1 aliphatic heterocycles. The van der Waals surface area contributed by atoms with E-state index in [1.165, 1.54) is 18.2 Å². The molecule has 9 heteroatoms. The van der Waals surface area contributed by atoms with Gasteiger partial charge in [0.2, 0.25) is 0 Å². The number of carbonyl (C=O) groups is 2. The molecule has 0 aliphatic carbocycles. The molecule has 2 amide bonds. The van der Waals surface area contributed by atoms with Crippen LogP contribution in [0, 0.1) is 5.82 Å². The van der Waals surface area contributed by atoms with E-state index in [4.69, 9.17) is 16.3 Å². The Kier molecular flexibility index (Phi) is 7.21. The summed E-state index contributed by atoms with van der Waals surface area (Å²) in [4.78, 5) is 26.3. The second-order valence-corrected chi connectivity index (χ2v) is 8.99. The zero-order valence-corrected chi connectivity index (χ0v) is 19.5. The van der Waals surface area contributed by atoms with E-state index in [1.807, 2.05) is 0 Å². The van der Waals surface area contributed by atoms with Crippen molar-refractivity contribution in [2.45, 2.75) is 6.54 Å². The lowest BCUT2D eigenvalue weighted by Gasteiger charge is -2.14. The average molecular weight is 562 g/mol. The molecular formula is C20H13Br2ClFNO3S. The van der Waals surface area contributed by atoms with Gasteiger partial charge in [-0.15, -0.1) is 0 Å². The Bertz CT molecular complexity index is 1000. The molecule has 0 N–H and O–H groups in total. The maximum Gasteiger partial charge on any atom is 0.293 e. The predicted molar refractivity (Wildman–Crippen MR) is 120 cm³/mol. The number of benzene rings is 2. The van der Waals surface area contributed by atoms with Crippen LogP contribution in [0.4, 0.5) is 9.18 Å². The minimum Gasteiger partial charge on any atom is -0.487 e. The summed E-state index contributed by atoms with van der Waals surface area (Å²) in [7, 11) is 0. The molecule has 1 fully saturated rings. The van der Waals surface area contributed by atoms with E-state index in [-0.39, 0.29) is 22.0 Å². The Morgan fingerprint density at radius 2 is 1.93 bits per heavy atom. The topological polar surface area (TPSA) is 46.6 Å². The molecule has 1 aliphatic rings. The van der Waals surface area contributed by atoms with Gasteiger partial charge in [0.1, 0.15) is 18.2 Å². The molecule has 3 rings (SSSR count). The first-order valence-corrected chi connectivity index (χ1v) is 11.0. The number of nitrogens with zero attached hydrogens (tertiary/aromatic N) is 1. The molecule has 2 aromatic carbocycles. The summed E-state index contributed by atoms with van der Waals surface area (Å²) in [6, 6.07) is 7.75. The van der Waals surface area contributed by atoms with Gasteiger partial charge in [0, 0.05) is 10.6 Å². The fourth-order valence-corrected chi connectivity index (χ4v) is 5.08. The number of imide groups is 1. The van der Waals surface area contributed by atoms with E-state index in [2.05, 4.69) is 38.4 Å². The van der Waals surface area contributed by atoms with Gasteiger partial charge < -0.3 is 4.74 Å². The first-order chi connectivity index (χ1) is 13.8. The predicted octanol–water partition coefficient (Wildman–Crippen LogP) is 6.81. The summed E-state index contributed by atoms with van der Waals surface area (Å²) in [6.07, 6.45) is 3.23. The number of halogens is 4. The number of amides is 2. The summed E-state index contributed by atoms with van der Waals surface area (Å²) < 4.78 is 21.0. The first-order valence-electron chi connectivity index (χ1n) is 8.22. The Morgan fingerprint density at radius 1 is 1.24 bits per heavy atom. The molecule has 4 nitrogen and oxygen atoms in total. The minimum absolute atomic E-state index is 0.104. The summed E-state index contributed by atoms with van der Waals surface area (Å²) in [5.41, 5.74) is 0.788. The van der Waals surface area contributed by atoms with E-state index in [9.17, 15) is 14.0 Å². The lowest BCUT2D eigenvalue weighted by atomic mass is 10.2. The van der Waals surface area contributed by atoms with Crippen LogP contribution < -0.4 is 4.74 Å². The fraction of sp³-hybridized carbons (Fsp3) is 0.100. The van der Waals surface area contributed by atoms with Crippen LogP contribution in [0.15, 0.2) is 56.8 Å². The highest BCUT2D eigenvalue weighted by atomic mass is 79.9. The molecule has 0 saturated carbocycles. The van der Waals surface area contributed by atoms with Crippen LogP contribution in [0.5, 0.6) is 5.75 Å². The molecular weight excluding hydrogens is 549 g/mol. The van der Waals surface area contributed by atoms with E-state index in [0.717, 1.165) is 16.7 Å². The quantitative estimate of drug-likeness (QED) is 0.287. The van der Waals surface area contributed by atoms with Crippen LogP contribution in [0.1, 0.15) is 11.1 Å². The van der Waals surface area contributed by atoms with Crippen molar-refractivity contribution >= 4 is 72.4 Å². The van der Waals surface area contributed by atoms with Crippen LogP contribution in [0.2, 0.25) is 5.02 Å². The highest BCUT2D eigenvalue weighted by Crippen LogP contribution is 2.38. The minimum atomic E-state index is -0.566. The Balaban J connectivity index is 1.86. The summed E-state index contributed by atoms with van der Waals surface area (Å²) >= 11 is 13.7. The summed E-state index contributed by atoms with van der Waals surface area (Å²) in [5.74, 6) is -0.466. The largest absolute Gasteiger partial charge is 0.487 e. The van der Waals surface area contributed by atoms with Crippen molar-refractivity contribution in [3.8, 4) is 5.75 Å². The van der Waals surface area contributed by atoms with Crippen LogP contribution >= 0.6 is 55.2 Å². The molecule has 2 aromatic rings. The average Bonchev–Trinajstić information content (AvgIpc) is 2.91. The van der Waals surface area contributed by atoms with Gasteiger partial charge in [-0.1, -0.05) is 30.3 Å². The van der Waals surface area contributed by atoms with Crippen LogP contribution in [-0.4, -0.2) is 22.7 Å². The highest BCUT2D eigenvalue weighted by molar-refractivity contribution is 9.11. The zero-order valence-electron chi connectivity index (χ0n) is 14.8. The van der Waals surface area contributed by atoms with Gasteiger partial charge in [0.15, 0.2) is 0 Å². The second kappa shape index (κ2) is 9.47. The van der Waals surface area contributed by atoms with Gasteiger partial charge in [-0.25, -0.2) is 4.39 Å². The fourth-order valence-electron chi connectivity index (χ4n) is 2.57. The molecule has 0 spiro atoms. The third kappa shape index (κ3) is 4.94. The molecule has 0 unspecified atom stereocenters. The van der Waals surface area contributed by atoms with Crippen molar-refractivity contribution in [1.82, 2.24) is 4.90 Å². The monoisotopic (exact) mass is 559 g/mol. The number of thioether (sulfide) groups is 1. The maximum atomic E-state index is 14.0. The van der Waals surface area contributed by atoms with E-state index in [0.29, 0.717) is 26.9 Å². The number of hydrogen-bond acceptors (Lipinski definition) is 4. The van der Waals surface area contributed by atoms with Crippen LogP contribution in [0.25, 0.3) is 6.08 Å². The van der Waals surface area contributed by atoms with Crippen LogP contribution in [0.3, 0.4) is 0 Å². The Hall–Kier alpha value is -1.61. The van der Waals surface area contributed by atoms with E-state index < -0.39 is 17.0 Å². The van der Waals surface area contributed by atoms with Gasteiger partial charge in [0.05, 0.1) is 20.4 Å². The van der Waals surface area contributed by atoms with Gasteiger partial charge in [-0.3, -0.25) is 14.5 Å². The molecule has 0 bridgehead atoms. The SMILES string of the molecule is C=CCOc1c(Br)cc(/C=C2\SC(=O)N(Cc3c(F)cccc3Cl)C2=O)cc1Br. The molecule has 0 atom stereocenters. The lowest BCUT2D eigenvalue weighted by molar-refractivity contribution is -0.123. The van der Waals surface area contributed by atoms with Gasteiger partial charge in [0.25, 0.3) is 11.1 Å². The Morgan fingerprint density at radius 3 is 2.55 bits per heavy atom. The normalized spacial score (nSPS) is 15.3. The standard InChI is InChI=1S/C20H13Br2ClFNO3S/c1-2-6-28-18-13(21)7-11(8-14(18)22)9-17-19(26)25(20(27)29-17)10-12-15(23)4-3-5-16(12)24/h2-5,7-9H,1,6,10H2/b17-9-. The van der Waals surface area contributed by atoms with Crippen molar-refractivity contribution < 1.29 is 18.7 Å².